The van der Waals surface area contributed by atoms with Crippen LogP contribution in [0.25, 0.3) is 0 Å². The van der Waals surface area contributed by atoms with E-state index in [2.05, 4.69) is 10.4 Å². The van der Waals surface area contributed by atoms with Crippen LogP contribution >= 0.6 is 0 Å². The molecule has 2 rings (SSSR count). The van der Waals surface area contributed by atoms with E-state index in [4.69, 9.17) is 19.5 Å². The lowest BCUT2D eigenvalue weighted by Gasteiger charge is -2.23. The van der Waals surface area contributed by atoms with Crippen LogP contribution in [0.2, 0.25) is 0 Å². The monoisotopic (exact) mass is 288 g/mol. The van der Waals surface area contributed by atoms with Crippen LogP contribution in [0.5, 0.6) is 17.2 Å². The molecule has 0 unspecified atom stereocenters. The van der Waals surface area contributed by atoms with Gasteiger partial charge in [-0.05, 0) is 6.08 Å². The molecule has 0 saturated heterocycles. The Bertz CT molecular complexity index is 594. The van der Waals surface area contributed by atoms with Gasteiger partial charge in [0.25, 0.3) is 0 Å². The van der Waals surface area contributed by atoms with Gasteiger partial charge in [0.1, 0.15) is 18.1 Å². The lowest BCUT2D eigenvalue weighted by atomic mass is 10.2. The van der Waals surface area contributed by atoms with Gasteiger partial charge >= 0.3 is 0 Å². The highest BCUT2D eigenvalue weighted by atomic mass is 16.5. The van der Waals surface area contributed by atoms with Crippen molar-refractivity contribution < 1.29 is 14.2 Å². The first-order valence-corrected chi connectivity index (χ1v) is 6.19. The molecule has 0 fully saturated rings. The predicted molar refractivity (Wildman–Crippen MR) is 78.6 cm³/mol. The number of methoxy groups -OCH3 is 3. The number of rotatable bonds is 5. The minimum atomic E-state index is 0.401. The first-order valence-electron chi connectivity index (χ1n) is 6.19. The molecule has 0 radical (unpaired) electrons. The minimum Gasteiger partial charge on any atom is -0.493 e. The van der Waals surface area contributed by atoms with Crippen molar-refractivity contribution in [2.24, 2.45) is 4.99 Å². The molecule has 7 nitrogen and oxygen atoms in total. The molecule has 0 spiro atoms. The van der Waals surface area contributed by atoms with E-state index in [-0.39, 0.29) is 0 Å². The highest BCUT2D eigenvalue weighted by molar-refractivity contribution is 5.67. The number of aliphatic imine (C=N–C) groups is 1. The van der Waals surface area contributed by atoms with Crippen LogP contribution in [-0.4, -0.2) is 39.2 Å². The molecule has 1 aromatic rings. The summed E-state index contributed by atoms with van der Waals surface area (Å²) < 4.78 is 15.9. The van der Waals surface area contributed by atoms with Crippen molar-refractivity contribution >= 4 is 12.0 Å². The molecule has 1 aliphatic heterocycles. The molecule has 0 aromatic heterocycles. The highest BCUT2D eigenvalue weighted by Crippen LogP contribution is 2.39. The average molecular weight is 288 g/mol. The summed E-state index contributed by atoms with van der Waals surface area (Å²) in [5, 5.41) is 10.5. The van der Waals surface area contributed by atoms with Gasteiger partial charge in [0, 0.05) is 12.1 Å². The van der Waals surface area contributed by atoms with Crippen molar-refractivity contribution in [2.75, 3.05) is 33.3 Å². The van der Waals surface area contributed by atoms with E-state index in [1.165, 1.54) is 0 Å². The predicted octanol–water partition coefficient (Wildman–Crippen LogP) is 1.79. The summed E-state index contributed by atoms with van der Waals surface area (Å²) in [6.45, 7) is 0.531. The molecule has 7 heteroatoms. The number of benzene rings is 1. The number of hydrazine groups is 1. The Balaban J connectivity index is 2.20. The van der Waals surface area contributed by atoms with E-state index in [0.717, 1.165) is 5.69 Å². The maximum Gasteiger partial charge on any atom is 0.203 e. The average Bonchev–Trinajstić information content (AvgIpc) is 2.54. The second-order valence-corrected chi connectivity index (χ2v) is 4.12. The van der Waals surface area contributed by atoms with E-state index in [0.29, 0.717) is 29.5 Å². The maximum atomic E-state index is 8.74. The third kappa shape index (κ3) is 3.17. The van der Waals surface area contributed by atoms with Gasteiger partial charge in [0.2, 0.25) is 5.75 Å². The first kappa shape index (κ1) is 14.5. The molecule has 0 atom stereocenters. The van der Waals surface area contributed by atoms with Crippen LogP contribution in [0.1, 0.15) is 0 Å². The SMILES string of the molecule is COc1cc(NN2C=NC(C#N)=CC2)cc(OC)c1OC. The van der Waals surface area contributed by atoms with E-state index < -0.39 is 0 Å². The Kier molecular flexibility index (Phi) is 4.51. The van der Waals surface area contributed by atoms with Crippen LogP contribution in [-0.2, 0) is 0 Å². The standard InChI is InChI=1S/C14H16N4O3/c1-19-12-6-11(7-13(20-2)14(12)21-3)17-18-5-4-10(8-15)16-9-18/h4,6-7,9,17H,5H2,1-3H3. The van der Waals surface area contributed by atoms with Gasteiger partial charge in [-0.3, -0.25) is 10.4 Å². The van der Waals surface area contributed by atoms with Crippen molar-refractivity contribution in [2.45, 2.75) is 0 Å². The van der Waals surface area contributed by atoms with Gasteiger partial charge in [-0.25, -0.2) is 4.99 Å². The topological polar surface area (TPSA) is 79.1 Å². The fraction of sp³-hybridized carbons (Fsp3) is 0.286. The van der Waals surface area contributed by atoms with E-state index in [1.54, 1.807) is 50.9 Å². The Morgan fingerprint density at radius 1 is 1.19 bits per heavy atom. The third-order valence-electron chi connectivity index (χ3n) is 2.87. The van der Waals surface area contributed by atoms with Gasteiger partial charge in [-0.1, -0.05) is 0 Å². The van der Waals surface area contributed by atoms with Crippen LogP contribution < -0.4 is 19.6 Å². The fourth-order valence-corrected chi connectivity index (χ4v) is 1.88. The fourth-order valence-electron chi connectivity index (χ4n) is 1.88. The lowest BCUT2D eigenvalue weighted by molar-refractivity contribution is 0.324. The van der Waals surface area contributed by atoms with E-state index in [9.17, 15) is 0 Å². The number of ether oxygens (including phenoxy) is 3. The molecule has 0 amide bonds. The van der Waals surface area contributed by atoms with E-state index >= 15 is 0 Å². The van der Waals surface area contributed by atoms with Crippen molar-refractivity contribution in [3.05, 3.63) is 23.9 Å². The second kappa shape index (κ2) is 6.52. The van der Waals surface area contributed by atoms with Crippen LogP contribution in [0, 0.1) is 11.3 Å². The summed E-state index contributed by atoms with van der Waals surface area (Å²) in [4.78, 5) is 4.00. The van der Waals surface area contributed by atoms with Crippen molar-refractivity contribution in [3.63, 3.8) is 0 Å². The summed E-state index contributed by atoms with van der Waals surface area (Å²) in [5.74, 6) is 1.65. The minimum absolute atomic E-state index is 0.401. The maximum absolute atomic E-state index is 8.74. The molecule has 110 valence electrons. The quantitative estimate of drug-likeness (QED) is 0.890. The zero-order chi connectivity index (χ0) is 15.2. The van der Waals surface area contributed by atoms with Crippen LogP contribution in [0.4, 0.5) is 5.69 Å². The summed E-state index contributed by atoms with van der Waals surface area (Å²) in [5.41, 5.74) is 4.30. The number of allylic oxidation sites excluding steroid dienone is 1. The molecular formula is C14H16N4O3. The largest absolute Gasteiger partial charge is 0.493 e. The summed E-state index contributed by atoms with van der Waals surface area (Å²) in [6, 6.07) is 5.57. The Hall–Kier alpha value is -2.88. The number of hydrogen-bond donors (Lipinski definition) is 1. The van der Waals surface area contributed by atoms with Gasteiger partial charge < -0.3 is 14.2 Å². The van der Waals surface area contributed by atoms with Gasteiger partial charge in [0.05, 0.1) is 33.6 Å². The zero-order valence-corrected chi connectivity index (χ0v) is 12.1. The van der Waals surface area contributed by atoms with Gasteiger partial charge in [-0.2, -0.15) is 5.26 Å². The van der Waals surface area contributed by atoms with Crippen molar-refractivity contribution in [1.29, 1.82) is 5.26 Å². The van der Waals surface area contributed by atoms with Gasteiger partial charge in [-0.15, -0.1) is 0 Å². The van der Waals surface area contributed by atoms with Crippen LogP contribution in [0.3, 0.4) is 0 Å². The Morgan fingerprint density at radius 2 is 1.86 bits per heavy atom. The smallest absolute Gasteiger partial charge is 0.203 e. The number of hydrogen-bond acceptors (Lipinski definition) is 7. The molecule has 0 saturated carbocycles. The van der Waals surface area contributed by atoms with Crippen molar-refractivity contribution in [1.82, 2.24) is 5.01 Å². The highest BCUT2D eigenvalue weighted by Gasteiger charge is 2.14. The lowest BCUT2D eigenvalue weighted by Crippen LogP contribution is -2.30. The molecule has 1 aliphatic rings. The summed E-state index contributed by atoms with van der Waals surface area (Å²) in [7, 11) is 4.68. The van der Waals surface area contributed by atoms with Crippen LogP contribution in [0.15, 0.2) is 28.9 Å². The Labute approximate surface area is 123 Å². The third-order valence-corrected chi connectivity index (χ3v) is 2.87. The number of nitriles is 1. The number of anilines is 1. The first-order chi connectivity index (χ1) is 10.2. The normalized spacial score (nSPS) is 13.2. The molecule has 1 aromatic carbocycles. The van der Waals surface area contributed by atoms with Crippen molar-refractivity contribution in [3.8, 4) is 23.3 Å². The molecule has 1 N–H and O–H groups in total. The number of nitrogens with one attached hydrogen (secondary N) is 1. The molecule has 0 aliphatic carbocycles. The molecule has 21 heavy (non-hydrogen) atoms. The zero-order valence-electron chi connectivity index (χ0n) is 12.1. The summed E-state index contributed by atoms with van der Waals surface area (Å²) >= 11 is 0. The van der Waals surface area contributed by atoms with E-state index in [1.807, 2.05) is 6.07 Å². The number of nitrogens with zero attached hydrogens (tertiary/aromatic N) is 3. The molecule has 1 heterocycles. The van der Waals surface area contributed by atoms with Gasteiger partial charge in [0.15, 0.2) is 11.5 Å². The summed E-state index contributed by atoms with van der Waals surface area (Å²) in [6.07, 6.45) is 3.28. The molecular weight excluding hydrogens is 272 g/mol. The Morgan fingerprint density at radius 3 is 2.29 bits per heavy atom. The molecule has 0 bridgehead atoms. The second-order valence-electron chi connectivity index (χ2n) is 4.12.